The minimum Gasteiger partial charge on any atom is -0.305 e. The molecule has 0 saturated carbocycles. The van der Waals surface area contributed by atoms with Gasteiger partial charge in [-0.3, -0.25) is 9.78 Å². The Labute approximate surface area is 87.2 Å². The molecule has 0 radical (unpaired) electrons. The summed E-state index contributed by atoms with van der Waals surface area (Å²) < 4.78 is 1.57. The van der Waals surface area contributed by atoms with E-state index in [4.69, 9.17) is 0 Å². The van der Waals surface area contributed by atoms with Gasteiger partial charge in [-0.05, 0) is 6.07 Å². The van der Waals surface area contributed by atoms with Crippen LogP contribution in [0.1, 0.15) is 0 Å². The van der Waals surface area contributed by atoms with E-state index in [0.717, 1.165) is 10.1 Å². The van der Waals surface area contributed by atoms with Gasteiger partial charge >= 0.3 is 5.69 Å². The Morgan fingerprint density at radius 2 is 1.87 bits per heavy atom. The van der Waals surface area contributed by atoms with Crippen LogP contribution in [0.5, 0.6) is 0 Å². The Morgan fingerprint density at radius 3 is 2.73 bits per heavy atom. The number of aromatic nitrogens is 2. The molecule has 5 heteroatoms. The van der Waals surface area contributed by atoms with Gasteiger partial charge in [0.15, 0.2) is 0 Å². The van der Waals surface area contributed by atoms with Crippen molar-refractivity contribution in [3.63, 3.8) is 0 Å². The zero-order valence-corrected chi connectivity index (χ0v) is 8.35. The number of aromatic amines is 2. The fourth-order valence-corrected chi connectivity index (χ4v) is 2.69. The van der Waals surface area contributed by atoms with Gasteiger partial charge in [-0.15, -0.1) is 11.3 Å². The van der Waals surface area contributed by atoms with Gasteiger partial charge in [0.05, 0.1) is 5.52 Å². The highest BCUT2D eigenvalue weighted by molar-refractivity contribution is 7.25. The van der Waals surface area contributed by atoms with Gasteiger partial charge < -0.3 is 4.98 Å². The van der Waals surface area contributed by atoms with Crippen molar-refractivity contribution in [1.82, 2.24) is 9.97 Å². The van der Waals surface area contributed by atoms with Crippen molar-refractivity contribution in [1.29, 1.82) is 0 Å². The molecule has 0 aliphatic carbocycles. The molecular weight excluding hydrogens is 212 g/mol. The van der Waals surface area contributed by atoms with E-state index in [0.29, 0.717) is 10.2 Å². The molecular formula is C10H6N2O2S. The highest BCUT2D eigenvalue weighted by atomic mass is 32.1. The largest absolute Gasteiger partial charge is 0.326 e. The van der Waals surface area contributed by atoms with Gasteiger partial charge in [0.25, 0.3) is 5.56 Å². The molecule has 0 fully saturated rings. The second-order valence-corrected chi connectivity index (χ2v) is 4.26. The molecule has 2 N–H and O–H groups in total. The molecule has 2 aromatic heterocycles. The third-order valence-corrected chi connectivity index (χ3v) is 3.44. The zero-order valence-electron chi connectivity index (χ0n) is 7.53. The van der Waals surface area contributed by atoms with Crippen LogP contribution in [0.25, 0.3) is 20.3 Å². The molecule has 0 aliphatic rings. The number of benzene rings is 1. The predicted molar refractivity (Wildman–Crippen MR) is 60.6 cm³/mol. The van der Waals surface area contributed by atoms with Crippen LogP contribution in [0.2, 0.25) is 0 Å². The highest BCUT2D eigenvalue weighted by Crippen LogP contribution is 2.28. The van der Waals surface area contributed by atoms with Crippen LogP contribution in [0, 0.1) is 0 Å². The van der Waals surface area contributed by atoms with Gasteiger partial charge in [0, 0.05) is 10.1 Å². The van der Waals surface area contributed by atoms with Gasteiger partial charge in [-0.1, -0.05) is 18.2 Å². The molecule has 0 amide bonds. The van der Waals surface area contributed by atoms with E-state index in [2.05, 4.69) is 9.97 Å². The van der Waals surface area contributed by atoms with Crippen molar-refractivity contribution in [2.75, 3.05) is 0 Å². The summed E-state index contributed by atoms with van der Waals surface area (Å²) in [5.74, 6) is 0. The van der Waals surface area contributed by atoms with E-state index in [1.165, 1.54) is 11.3 Å². The minimum atomic E-state index is -0.462. The van der Waals surface area contributed by atoms with Gasteiger partial charge in [0.2, 0.25) is 0 Å². The standard InChI is InChI=1S/C10H6N2O2S/c13-9-8-7(11-10(14)12-9)5-3-1-2-4-6(5)15-8/h1-4H,(H2,11,12,13,14). The van der Waals surface area contributed by atoms with Crippen LogP contribution in [0.15, 0.2) is 33.9 Å². The fraction of sp³-hybridized carbons (Fsp3) is 0. The summed E-state index contributed by atoms with van der Waals surface area (Å²) in [6.07, 6.45) is 0. The molecule has 0 bridgehead atoms. The summed E-state index contributed by atoms with van der Waals surface area (Å²) in [7, 11) is 0. The van der Waals surface area contributed by atoms with Crippen molar-refractivity contribution >= 4 is 31.6 Å². The van der Waals surface area contributed by atoms with Gasteiger partial charge in [-0.2, -0.15) is 0 Å². The summed E-state index contributed by atoms with van der Waals surface area (Å²) in [4.78, 5) is 27.5. The highest BCUT2D eigenvalue weighted by Gasteiger charge is 2.07. The lowest BCUT2D eigenvalue weighted by atomic mass is 10.2. The first-order valence-corrected chi connectivity index (χ1v) is 5.21. The molecule has 3 aromatic rings. The van der Waals surface area contributed by atoms with Crippen molar-refractivity contribution in [2.45, 2.75) is 0 Å². The monoisotopic (exact) mass is 218 g/mol. The molecule has 15 heavy (non-hydrogen) atoms. The van der Waals surface area contributed by atoms with E-state index in [9.17, 15) is 9.59 Å². The summed E-state index contributed by atoms with van der Waals surface area (Å²) in [5, 5.41) is 0.917. The summed E-state index contributed by atoms with van der Waals surface area (Å²) in [6, 6.07) is 7.61. The lowest BCUT2D eigenvalue weighted by Gasteiger charge is -1.88. The molecule has 3 rings (SSSR count). The van der Waals surface area contributed by atoms with Crippen LogP contribution in [-0.2, 0) is 0 Å². The number of hydrogen-bond donors (Lipinski definition) is 2. The SMILES string of the molecule is O=c1[nH]c(=O)c2sc3ccccc3c2[nH]1. The average Bonchev–Trinajstić information content (AvgIpc) is 2.57. The molecule has 0 spiro atoms. The Bertz CT molecular complexity index is 766. The van der Waals surface area contributed by atoms with E-state index in [1.54, 1.807) is 0 Å². The number of hydrogen-bond acceptors (Lipinski definition) is 3. The van der Waals surface area contributed by atoms with E-state index in [-0.39, 0.29) is 5.56 Å². The maximum absolute atomic E-state index is 11.5. The fourth-order valence-electron chi connectivity index (χ4n) is 1.63. The summed E-state index contributed by atoms with van der Waals surface area (Å²) >= 11 is 1.38. The first kappa shape index (κ1) is 8.43. The predicted octanol–water partition coefficient (Wildman–Crippen LogP) is 1.43. The van der Waals surface area contributed by atoms with E-state index >= 15 is 0 Å². The Hall–Kier alpha value is -1.88. The molecule has 0 atom stereocenters. The van der Waals surface area contributed by atoms with Crippen LogP contribution >= 0.6 is 11.3 Å². The van der Waals surface area contributed by atoms with Gasteiger partial charge in [0.1, 0.15) is 4.70 Å². The molecule has 74 valence electrons. The average molecular weight is 218 g/mol. The topological polar surface area (TPSA) is 65.7 Å². The normalized spacial score (nSPS) is 11.2. The quantitative estimate of drug-likeness (QED) is 0.599. The molecule has 0 unspecified atom stereocenters. The maximum Gasteiger partial charge on any atom is 0.326 e. The molecule has 0 aliphatic heterocycles. The third-order valence-electron chi connectivity index (χ3n) is 2.27. The molecule has 0 saturated heterocycles. The Kier molecular flexibility index (Phi) is 1.58. The Morgan fingerprint density at radius 1 is 1.07 bits per heavy atom. The maximum atomic E-state index is 11.5. The molecule has 4 nitrogen and oxygen atoms in total. The first-order valence-electron chi connectivity index (χ1n) is 4.39. The van der Waals surface area contributed by atoms with Crippen molar-refractivity contribution in [2.24, 2.45) is 0 Å². The van der Waals surface area contributed by atoms with Crippen molar-refractivity contribution in [3.8, 4) is 0 Å². The van der Waals surface area contributed by atoms with Crippen molar-refractivity contribution < 1.29 is 0 Å². The zero-order chi connectivity index (χ0) is 10.4. The molecule has 2 heterocycles. The smallest absolute Gasteiger partial charge is 0.305 e. The number of H-pyrrole nitrogens is 2. The number of thiophene rings is 1. The minimum absolute atomic E-state index is 0.324. The van der Waals surface area contributed by atoms with Crippen LogP contribution in [0.4, 0.5) is 0 Å². The van der Waals surface area contributed by atoms with E-state index < -0.39 is 5.69 Å². The number of nitrogens with one attached hydrogen (secondary N) is 2. The molecule has 1 aromatic carbocycles. The van der Waals surface area contributed by atoms with E-state index in [1.807, 2.05) is 24.3 Å². The lowest BCUT2D eigenvalue weighted by molar-refractivity contribution is 1.09. The Balaban J connectivity index is 2.73. The lowest BCUT2D eigenvalue weighted by Crippen LogP contribution is -2.20. The third kappa shape index (κ3) is 1.13. The summed E-state index contributed by atoms with van der Waals surface area (Å²) in [6.45, 7) is 0. The van der Waals surface area contributed by atoms with Crippen LogP contribution in [-0.4, -0.2) is 9.97 Å². The van der Waals surface area contributed by atoms with Crippen LogP contribution in [0.3, 0.4) is 0 Å². The second kappa shape index (κ2) is 2.80. The van der Waals surface area contributed by atoms with Gasteiger partial charge in [-0.25, -0.2) is 4.79 Å². The van der Waals surface area contributed by atoms with Crippen LogP contribution < -0.4 is 11.2 Å². The first-order chi connectivity index (χ1) is 7.25. The number of fused-ring (bicyclic) bond motifs is 3. The number of rotatable bonds is 0. The second-order valence-electron chi connectivity index (χ2n) is 3.21. The summed E-state index contributed by atoms with van der Waals surface area (Å²) in [5.41, 5.74) is -0.157. The van der Waals surface area contributed by atoms with Crippen molar-refractivity contribution in [3.05, 3.63) is 45.1 Å².